The van der Waals surface area contributed by atoms with Crippen molar-refractivity contribution in [1.82, 2.24) is 0 Å². The molecule has 0 unspecified atom stereocenters. The largest absolute Gasteiger partial charge is 0.377 e. The monoisotopic (exact) mass is 366 g/mol. The standard InChI is InChI=1S/C21H20NO3S/c1-26(24,25)19-12-10-17(11-13-19)21(23)15-18-9-5-6-14-22(18)20(21)16-7-3-2-4-8-16/h2-14,20,23H,15H2,1H3/q+1/t20-,21+/m1/s1. The molecule has 1 aromatic heterocycles. The highest BCUT2D eigenvalue weighted by Crippen LogP contribution is 2.41. The second kappa shape index (κ2) is 6.04. The Balaban J connectivity index is 1.86. The minimum atomic E-state index is -3.27. The lowest BCUT2D eigenvalue weighted by molar-refractivity contribution is -0.717. The maximum atomic E-state index is 11.7. The molecule has 0 radical (unpaired) electrons. The number of fused-ring (bicyclic) bond motifs is 1. The summed E-state index contributed by atoms with van der Waals surface area (Å²) in [5.41, 5.74) is 1.61. The highest BCUT2D eigenvalue weighted by Gasteiger charge is 2.53. The molecule has 26 heavy (non-hydrogen) atoms. The van der Waals surface area contributed by atoms with Crippen molar-refractivity contribution in [2.24, 2.45) is 0 Å². The topological polar surface area (TPSA) is 58.3 Å². The molecule has 2 atom stereocenters. The van der Waals surface area contributed by atoms with Crippen LogP contribution in [0, 0.1) is 0 Å². The van der Waals surface area contributed by atoms with Gasteiger partial charge in [-0.05, 0) is 17.7 Å². The van der Waals surface area contributed by atoms with Crippen LogP contribution in [0.15, 0.2) is 83.9 Å². The van der Waals surface area contributed by atoms with Gasteiger partial charge in [-0.3, -0.25) is 0 Å². The van der Waals surface area contributed by atoms with Gasteiger partial charge >= 0.3 is 0 Å². The van der Waals surface area contributed by atoms with E-state index in [-0.39, 0.29) is 10.9 Å². The number of rotatable bonds is 3. The number of pyridine rings is 1. The van der Waals surface area contributed by atoms with E-state index in [9.17, 15) is 13.5 Å². The van der Waals surface area contributed by atoms with Crippen LogP contribution in [-0.4, -0.2) is 19.8 Å². The molecule has 1 aliphatic heterocycles. The summed E-state index contributed by atoms with van der Waals surface area (Å²) in [5.74, 6) is 0. The fourth-order valence-corrected chi connectivity index (χ4v) is 4.45. The molecular weight excluding hydrogens is 346 g/mol. The predicted molar refractivity (Wildman–Crippen MR) is 98.4 cm³/mol. The molecule has 5 heteroatoms. The third-order valence-corrected chi connectivity index (χ3v) is 6.19. The van der Waals surface area contributed by atoms with Crippen LogP contribution < -0.4 is 4.57 Å². The smallest absolute Gasteiger partial charge is 0.216 e. The summed E-state index contributed by atoms with van der Waals surface area (Å²) in [7, 11) is -3.27. The van der Waals surface area contributed by atoms with Gasteiger partial charge in [-0.2, -0.15) is 4.57 Å². The Morgan fingerprint density at radius 1 is 0.962 bits per heavy atom. The maximum absolute atomic E-state index is 11.7. The molecule has 0 fully saturated rings. The molecule has 0 spiro atoms. The zero-order valence-electron chi connectivity index (χ0n) is 14.4. The van der Waals surface area contributed by atoms with Crippen molar-refractivity contribution in [2.45, 2.75) is 23.0 Å². The molecule has 2 aromatic carbocycles. The van der Waals surface area contributed by atoms with Crippen molar-refractivity contribution in [3.8, 4) is 0 Å². The lowest BCUT2D eigenvalue weighted by atomic mass is 9.82. The van der Waals surface area contributed by atoms with E-state index in [1.54, 1.807) is 24.3 Å². The van der Waals surface area contributed by atoms with E-state index >= 15 is 0 Å². The summed E-state index contributed by atoms with van der Waals surface area (Å²) in [6.07, 6.45) is 3.63. The first-order valence-electron chi connectivity index (χ1n) is 8.46. The Bertz CT molecular complexity index is 1050. The van der Waals surface area contributed by atoms with Gasteiger partial charge in [0.25, 0.3) is 0 Å². The number of hydrogen-bond donors (Lipinski definition) is 1. The Morgan fingerprint density at radius 3 is 2.27 bits per heavy atom. The van der Waals surface area contributed by atoms with Crippen LogP contribution in [0.5, 0.6) is 0 Å². The van der Waals surface area contributed by atoms with Crippen molar-refractivity contribution < 1.29 is 18.1 Å². The molecule has 0 saturated heterocycles. The molecular formula is C21H20NO3S+. The summed E-state index contributed by atoms with van der Waals surface area (Å²) >= 11 is 0. The summed E-state index contributed by atoms with van der Waals surface area (Å²) in [6.45, 7) is 0. The first kappa shape index (κ1) is 16.9. The summed E-state index contributed by atoms with van der Waals surface area (Å²) in [6, 6.07) is 22.1. The van der Waals surface area contributed by atoms with Crippen LogP contribution in [0.25, 0.3) is 0 Å². The molecule has 0 aliphatic carbocycles. The molecule has 1 aliphatic rings. The number of hydrogen-bond acceptors (Lipinski definition) is 3. The molecule has 0 saturated carbocycles. The van der Waals surface area contributed by atoms with Gasteiger partial charge in [0.15, 0.2) is 27.3 Å². The number of nitrogens with zero attached hydrogens (tertiary/aromatic N) is 1. The Labute approximate surface area is 153 Å². The van der Waals surface area contributed by atoms with E-state index in [0.29, 0.717) is 12.0 Å². The molecule has 132 valence electrons. The third kappa shape index (κ3) is 2.73. The average molecular weight is 366 g/mol. The van der Waals surface area contributed by atoms with Crippen molar-refractivity contribution in [3.63, 3.8) is 0 Å². The van der Waals surface area contributed by atoms with Gasteiger partial charge in [0.2, 0.25) is 6.04 Å². The molecule has 0 amide bonds. The number of aliphatic hydroxyl groups is 1. The quantitative estimate of drug-likeness (QED) is 0.724. The van der Waals surface area contributed by atoms with Gasteiger partial charge in [-0.15, -0.1) is 0 Å². The first-order chi connectivity index (χ1) is 12.4. The normalized spacial score (nSPS) is 22.2. The second-order valence-electron chi connectivity index (χ2n) is 6.81. The Kier molecular flexibility index (Phi) is 3.93. The lowest BCUT2D eigenvalue weighted by Gasteiger charge is -2.26. The van der Waals surface area contributed by atoms with Crippen LogP contribution >= 0.6 is 0 Å². The van der Waals surface area contributed by atoms with Gasteiger partial charge in [0, 0.05) is 24.0 Å². The van der Waals surface area contributed by atoms with Crippen LogP contribution in [0.4, 0.5) is 0 Å². The number of aromatic nitrogens is 1. The zero-order chi connectivity index (χ0) is 18.4. The van der Waals surface area contributed by atoms with Crippen LogP contribution in [-0.2, 0) is 21.9 Å². The van der Waals surface area contributed by atoms with Gasteiger partial charge < -0.3 is 5.11 Å². The summed E-state index contributed by atoms with van der Waals surface area (Å²) in [4.78, 5) is 0.254. The minimum absolute atomic E-state index is 0.254. The predicted octanol–water partition coefficient (Wildman–Crippen LogP) is 2.41. The molecule has 2 heterocycles. The Morgan fingerprint density at radius 2 is 1.62 bits per heavy atom. The minimum Gasteiger partial charge on any atom is -0.377 e. The fraction of sp³-hybridized carbons (Fsp3) is 0.190. The van der Waals surface area contributed by atoms with E-state index in [1.807, 2.05) is 54.7 Å². The molecule has 3 aromatic rings. The third-order valence-electron chi connectivity index (χ3n) is 5.06. The highest BCUT2D eigenvalue weighted by atomic mass is 32.2. The lowest BCUT2D eigenvalue weighted by Crippen LogP contribution is -2.46. The van der Waals surface area contributed by atoms with Crippen molar-refractivity contribution in [2.75, 3.05) is 6.26 Å². The summed E-state index contributed by atoms with van der Waals surface area (Å²) in [5, 5.41) is 11.7. The highest BCUT2D eigenvalue weighted by molar-refractivity contribution is 7.90. The second-order valence-corrected chi connectivity index (χ2v) is 8.83. The zero-order valence-corrected chi connectivity index (χ0v) is 15.2. The van der Waals surface area contributed by atoms with E-state index in [2.05, 4.69) is 4.57 Å². The van der Waals surface area contributed by atoms with E-state index < -0.39 is 15.4 Å². The summed E-state index contributed by atoms with van der Waals surface area (Å²) < 4.78 is 25.6. The van der Waals surface area contributed by atoms with Gasteiger partial charge in [0.1, 0.15) is 0 Å². The van der Waals surface area contributed by atoms with E-state index in [4.69, 9.17) is 0 Å². The SMILES string of the molecule is CS(=O)(=O)c1ccc([C@@]2(O)Cc3cccc[n+]3[C@@H]2c2ccccc2)cc1. The van der Waals surface area contributed by atoms with E-state index in [1.165, 1.54) is 6.26 Å². The van der Waals surface area contributed by atoms with Crippen LogP contribution in [0.2, 0.25) is 0 Å². The molecule has 4 rings (SSSR count). The molecule has 1 N–H and O–H groups in total. The van der Waals surface area contributed by atoms with Gasteiger partial charge in [0.05, 0.1) is 11.3 Å². The van der Waals surface area contributed by atoms with Crippen molar-refractivity contribution in [3.05, 3.63) is 95.8 Å². The average Bonchev–Trinajstić information content (AvgIpc) is 2.95. The number of benzene rings is 2. The first-order valence-corrected chi connectivity index (χ1v) is 10.4. The Hall–Kier alpha value is -2.50. The van der Waals surface area contributed by atoms with Crippen LogP contribution in [0.1, 0.15) is 22.9 Å². The number of sulfone groups is 1. The fourth-order valence-electron chi connectivity index (χ4n) is 3.82. The van der Waals surface area contributed by atoms with Crippen molar-refractivity contribution >= 4 is 9.84 Å². The van der Waals surface area contributed by atoms with Gasteiger partial charge in [-0.25, -0.2) is 8.42 Å². The van der Waals surface area contributed by atoms with Crippen molar-refractivity contribution in [1.29, 1.82) is 0 Å². The van der Waals surface area contributed by atoms with Gasteiger partial charge in [-0.1, -0.05) is 48.5 Å². The van der Waals surface area contributed by atoms with E-state index in [0.717, 1.165) is 11.3 Å². The van der Waals surface area contributed by atoms with Crippen LogP contribution in [0.3, 0.4) is 0 Å². The molecule has 4 nitrogen and oxygen atoms in total. The maximum Gasteiger partial charge on any atom is 0.216 e. The molecule has 0 bridgehead atoms.